The zero-order valence-corrected chi connectivity index (χ0v) is 33.8. The van der Waals surface area contributed by atoms with Crippen molar-refractivity contribution in [2.24, 2.45) is 0 Å². The Labute approximate surface area is 319 Å². The van der Waals surface area contributed by atoms with Crippen LogP contribution in [0.4, 0.5) is 0 Å². The van der Waals surface area contributed by atoms with Gasteiger partial charge in [0, 0.05) is 13.0 Å². The molecule has 0 aromatic heterocycles. The average Bonchev–Trinajstić information content (AvgIpc) is 3.14. The second-order valence-corrected chi connectivity index (χ2v) is 15.5. The van der Waals surface area contributed by atoms with Gasteiger partial charge >= 0.3 is 5.97 Å². The lowest BCUT2D eigenvalue weighted by Crippen LogP contribution is -2.59. The van der Waals surface area contributed by atoms with Gasteiger partial charge in [-0.25, -0.2) is 0 Å². The highest BCUT2D eigenvalue weighted by Gasteiger charge is 2.44. The standard InChI is InChI=1S/C43H84O9/c1-3-5-7-9-11-13-15-17-18-19-20-21-22-24-26-28-30-32-39(45)51-37(36-50-43-42(48)41(47)40(46)38(34-44)52-43)35-49-33-31-29-27-25-23-16-14-12-10-8-6-4-2/h37-38,40-44,46-48H,3-36H2,1-2H3. The first-order chi connectivity index (χ1) is 25.4. The minimum absolute atomic E-state index is 0.105. The normalized spacial score (nSPS) is 21.1. The molecule has 0 aliphatic carbocycles. The summed E-state index contributed by atoms with van der Waals surface area (Å²) in [6.45, 7) is 4.60. The quantitative estimate of drug-likeness (QED) is 0.0360. The molecule has 6 atom stereocenters. The molecule has 4 N–H and O–H groups in total. The number of carbonyl (C=O) groups is 1. The van der Waals surface area contributed by atoms with Gasteiger partial charge in [-0.2, -0.15) is 0 Å². The molecule has 0 aromatic rings. The van der Waals surface area contributed by atoms with Gasteiger partial charge in [-0.05, 0) is 12.8 Å². The Bertz CT molecular complexity index is 767. The average molecular weight is 745 g/mol. The SMILES string of the molecule is CCCCCCCCCCCCCCCCCCCC(=O)OC(COCCCCCCCCCCCCCC)COC1OC(CO)C(O)C(O)C1O. The molecule has 6 unspecified atom stereocenters. The summed E-state index contributed by atoms with van der Waals surface area (Å²) in [5, 5.41) is 40.0. The van der Waals surface area contributed by atoms with Crippen molar-refractivity contribution in [1.82, 2.24) is 0 Å². The van der Waals surface area contributed by atoms with Crippen LogP contribution in [0.5, 0.6) is 0 Å². The summed E-state index contributed by atoms with van der Waals surface area (Å²) in [5.41, 5.74) is 0. The van der Waals surface area contributed by atoms with Crippen molar-refractivity contribution in [1.29, 1.82) is 0 Å². The maximum Gasteiger partial charge on any atom is 0.306 e. The molecule has 0 aromatic carbocycles. The fraction of sp³-hybridized carbons (Fsp3) is 0.977. The van der Waals surface area contributed by atoms with Crippen LogP contribution in [0.2, 0.25) is 0 Å². The van der Waals surface area contributed by atoms with E-state index in [1.54, 1.807) is 0 Å². The van der Waals surface area contributed by atoms with Crippen LogP contribution in [0.3, 0.4) is 0 Å². The number of carbonyl (C=O) groups excluding carboxylic acids is 1. The molecule has 9 nitrogen and oxygen atoms in total. The third-order valence-corrected chi connectivity index (χ3v) is 10.5. The van der Waals surface area contributed by atoms with Gasteiger partial charge in [-0.3, -0.25) is 4.79 Å². The monoisotopic (exact) mass is 745 g/mol. The predicted molar refractivity (Wildman–Crippen MR) is 210 cm³/mol. The van der Waals surface area contributed by atoms with Crippen molar-refractivity contribution in [2.75, 3.05) is 26.4 Å². The summed E-state index contributed by atoms with van der Waals surface area (Å²) in [4.78, 5) is 12.8. The van der Waals surface area contributed by atoms with E-state index >= 15 is 0 Å². The van der Waals surface area contributed by atoms with Gasteiger partial charge in [0.2, 0.25) is 0 Å². The van der Waals surface area contributed by atoms with E-state index in [9.17, 15) is 25.2 Å². The zero-order chi connectivity index (χ0) is 37.9. The van der Waals surface area contributed by atoms with Crippen LogP contribution >= 0.6 is 0 Å². The van der Waals surface area contributed by atoms with Crippen molar-refractivity contribution in [3.63, 3.8) is 0 Å². The maximum absolute atomic E-state index is 12.8. The summed E-state index contributed by atoms with van der Waals surface area (Å²) in [7, 11) is 0. The van der Waals surface area contributed by atoms with Gasteiger partial charge in [0.15, 0.2) is 6.29 Å². The Kier molecular flexibility index (Phi) is 33.9. The Hall–Kier alpha value is -0.810. The van der Waals surface area contributed by atoms with Crippen molar-refractivity contribution in [3.05, 3.63) is 0 Å². The molecule has 0 radical (unpaired) electrons. The first kappa shape index (κ1) is 49.2. The highest BCUT2D eigenvalue weighted by atomic mass is 16.7. The number of hydrogen-bond acceptors (Lipinski definition) is 9. The summed E-state index contributed by atoms with van der Waals surface area (Å²) >= 11 is 0. The molecule has 52 heavy (non-hydrogen) atoms. The fourth-order valence-electron chi connectivity index (χ4n) is 7.02. The zero-order valence-electron chi connectivity index (χ0n) is 33.8. The Morgan fingerprint density at radius 1 is 0.538 bits per heavy atom. The molecule has 1 heterocycles. The number of aliphatic hydroxyl groups excluding tert-OH is 4. The Balaban J connectivity index is 2.24. The van der Waals surface area contributed by atoms with E-state index in [1.165, 1.54) is 154 Å². The molecule has 1 fully saturated rings. The van der Waals surface area contributed by atoms with Gasteiger partial charge in [-0.1, -0.05) is 187 Å². The van der Waals surface area contributed by atoms with E-state index in [0.717, 1.165) is 32.1 Å². The molecule has 9 heteroatoms. The highest BCUT2D eigenvalue weighted by molar-refractivity contribution is 5.69. The van der Waals surface area contributed by atoms with Crippen molar-refractivity contribution < 1.29 is 44.2 Å². The van der Waals surface area contributed by atoms with Crippen LogP contribution in [0, 0.1) is 0 Å². The molecular weight excluding hydrogens is 660 g/mol. The largest absolute Gasteiger partial charge is 0.457 e. The van der Waals surface area contributed by atoms with E-state index < -0.39 is 43.4 Å². The summed E-state index contributed by atoms with van der Waals surface area (Å²) in [6.07, 6.45) is 29.8. The van der Waals surface area contributed by atoms with Gasteiger partial charge in [0.1, 0.15) is 30.5 Å². The topological polar surface area (TPSA) is 135 Å². The molecule has 0 bridgehead atoms. The molecule has 1 aliphatic heterocycles. The van der Waals surface area contributed by atoms with Gasteiger partial charge in [0.25, 0.3) is 0 Å². The minimum atomic E-state index is -1.53. The van der Waals surface area contributed by atoms with Gasteiger partial charge < -0.3 is 39.4 Å². The van der Waals surface area contributed by atoms with Crippen LogP contribution in [0.1, 0.15) is 206 Å². The number of rotatable bonds is 38. The first-order valence-corrected chi connectivity index (χ1v) is 22.1. The lowest BCUT2D eigenvalue weighted by molar-refractivity contribution is -0.305. The molecule has 310 valence electrons. The lowest BCUT2D eigenvalue weighted by Gasteiger charge is -2.39. The van der Waals surface area contributed by atoms with Crippen molar-refractivity contribution >= 4 is 5.97 Å². The van der Waals surface area contributed by atoms with E-state index in [2.05, 4.69) is 13.8 Å². The number of unbranched alkanes of at least 4 members (excludes halogenated alkanes) is 27. The first-order valence-electron chi connectivity index (χ1n) is 22.1. The minimum Gasteiger partial charge on any atom is -0.457 e. The molecule has 0 saturated carbocycles. The van der Waals surface area contributed by atoms with Crippen LogP contribution < -0.4 is 0 Å². The molecular formula is C43H84O9. The van der Waals surface area contributed by atoms with E-state index in [0.29, 0.717) is 13.0 Å². The third kappa shape index (κ3) is 26.9. The molecule has 1 aliphatic rings. The number of hydrogen-bond donors (Lipinski definition) is 4. The highest BCUT2D eigenvalue weighted by Crippen LogP contribution is 2.23. The molecule has 0 spiro atoms. The molecule has 1 rings (SSSR count). The molecule has 0 amide bonds. The smallest absolute Gasteiger partial charge is 0.306 e. The van der Waals surface area contributed by atoms with Crippen molar-refractivity contribution in [3.8, 4) is 0 Å². The van der Waals surface area contributed by atoms with E-state index in [-0.39, 0.29) is 19.2 Å². The van der Waals surface area contributed by atoms with Crippen LogP contribution in [0.25, 0.3) is 0 Å². The number of ether oxygens (including phenoxy) is 4. The number of aliphatic hydroxyl groups is 4. The Morgan fingerprint density at radius 3 is 1.37 bits per heavy atom. The summed E-state index contributed by atoms with van der Waals surface area (Å²) in [6, 6.07) is 0. The van der Waals surface area contributed by atoms with E-state index in [1.807, 2.05) is 0 Å². The second-order valence-electron chi connectivity index (χ2n) is 15.5. The van der Waals surface area contributed by atoms with Crippen LogP contribution in [-0.4, -0.2) is 89.6 Å². The lowest BCUT2D eigenvalue weighted by atomic mass is 9.99. The summed E-state index contributed by atoms with van der Waals surface area (Å²) in [5.74, 6) is -0.308. The number of esters is 1. The van der Waals surface area contributed by atoms with Crippen LogP contribution in [-0.2, 0) is 23.7 Å². The molecule has 1 saturated heterocycles. The van der Waals surface area contributed by atoms with Gasteiger partial charge in [-0.15, -0.1) is 0 Å². The Morgan fingerprint density at radius 2 is 0.942 bits per heavy atom. The third-order valence-electron chi connectivity index (χ3n) is 10.5. The van der Waals surface area contributed by atoms with Crippen LogP contribution in [0.15, 0.2) is 0 Å². The van der Waals surface area contributed by atoms with Gasteiger partial charge in [0.05, 0.1) is 19.8 Å². The maximum atomic E-state index is 12.8. The summed E-state index contributed by atoms with van der Waals surface area (Å²) < 4.78 is 22.8. The van der Waals surface area contributed by atoms with Crippen molar-refractivity contribution in [2.45, 2.75) is 243 Å². The predicted octanol–water partition coefficient (Wildman–Crippen LogP) is 9.47. The van der Waals surface area contributed by atoms with E-state index in [4.69, 9.17) is 18.9 Å². The second kappa shape index (κ2) is 35.9. The fourth-order valence-corrected chi connectivity index (χ4v) is 7.02.